The third kappa shape index (κ3) is 4.46. The largest absolute Gasteiger partial charge is 0.457 e. The smallest absolute Gasteiger partial charge is 0.231 e. The van der Waals surface area contributed by atoms with E-state index in [-0.39, 0.29) is 23.4 Å². The fourth-order valence-electron chi connectivity index (χ4n) is 6.45. The van der Waals surface area contributed by atoms with Crippen LogP contribution in [0.5, 0.6) is 11.5 Å². The first-order valence-electron chi connectivity index (χ1n) is 13.7. The van der Waals surface area contributed by atoms with Crippen molar-refractivity contribution in [3.8, 4) is 28.3 Å². The molecule has 4 heteroatoms. The summed E-state index contributed by atoms with van der Waals surface area (Å²) in [6.45, 7) is 15.7. The molecule has 0 saturated carbocycles. The molecule has 1 aromatic heterocycles. The predicted octanol–water partition coefficient (Wildman–Crippen LogP) is 9.65. The lowest BCUT2D eigenvalue weighted by Crippen LogP contribution is -2.25. The second kappa shape index (κ2) is 8.87. The van der Waals surface area contributed by atoms with Crippen molar-refractivity contribution in [2.45, 2.75) is 60.3 Å². The number of aromatic nitrogens is 1. The third-order valence-corrected chi connectivity index (χ3v) is 7.79. The topological polar surface area (TPSA) is 23.4 Å². The van der Waals surface area contributed by atoms with Gasteiger partial charge in [-0.2, -0.15) is 0 Å². The van der Waals surface area contributed by atoms with Gasteiger partial charge in [-0.3, -0.25) is 0 Å². The van der Waals surface area contributed by atoms with Gasteiger partial charge in [0.25, 0.3) is 0 Å². The molecule has 0 fully saturated rings. The van der Waals surface area contributed by atoms with E-state index in [1.165, 1.54) is 33.5 Å². The van der Waals surface area contributed by atoms with Crippen molar-refractivity contribution < 1.29 is 13.9 Å². The van der Waals surface area contributed by atoms with E-state index in [1.54, 1.807) is 12.1 Å². The Bertz CT molecular complexity index is 1690. The lowest BCUT2D eigenvalue weighted by atomic mass is 9.71. The summed E-state index contributed by atoms with van der Waals surface area (Å²) in [6.07, 6.45) is 0.983. The Balaban J connectivity index is 1.75. The van der Waals surface area contributed by atoms with Crippen molar-refractivity contribution in [1.82, 2.24) is 4.57 Å². The molecule has 3 nitrogen and oxygen atoms in total. The molecule has 0 atom stereocenters. The van der Waals surface area contributed by atoms with Crippen molar-refractivity contribution in [3.63, 3.8) is 0 Å². The highest BCUT2D eigenvalue weighted by molar-refractivity contribution is 6.10. The van der Waals surface area contributed by atoms with Crippen molar-refractivity contribution >= 4 is 21.8 Å². The maximum Gasteiger partial charge on any atom is 0.231 e. The summed E-state index contributed by atoms with van der Waals surface area (Å²) in [5.41, 5.74) is 8.34. The second-order valence-electron chi connectivity index (χ2n) is 12.9. The first kappa shape index (κ1) is 25.5. The molecule has 200 valence electrons. The van der Waals surface area contributed by atoms with Gasteiger partial charge in [0.2, 0.25) is 6.79 Å². The van der Waals surface area contributed by atoms with Crippen LogP contribution in [0.2, 0.25) is 0 Å². The summed E-state index contributed by atoms with van der Waals surface area (Å²) < 4.78 is 29.3. The Kier molecular flexibility index (Phi) is 5.80. The average molecular weight is 522 g/mol. The van der Waals surface area contributed by atoms with Gasteiger partial charge in [0, 0.05) is 21.9 Å². The van der Waals surface area contributed by atoms with Crippen LogP contribution in [-0.4, -0.2) is 11.4 Å². The minimum atomic E-state index is -0.297. The van der Waals surface area contributed by atoms with E-state index in [1.807, 2.05) is 0 Å². The predicted molar refractivity (Wildman–Crippen MR) is 159 cm³/mol. The molecule has 0 aliphatic carbocycles. The van der Waals surface area contributed by atoms with Crippen molar-refractivity contribution in [1.29, 1.82) is 0 Å². The summed E-state index contributed by atoms with van der Waals surface area (Å²) in [5, 5.41) is 2.41. The fourth-order valence-corrected chi connectivity index (χ4v) is 6.45. The number of nitrogens with zero attached hydrogens (tertiary/aromatic N) is 1. The van der Waals surface area contributed by atoms with E-state index in [0.29, 0.717) is 17.1 Å². The number of halogens is 1. The second-order valence-corrected chi connectivity index (χ2v) is 12.9. The van der Waals surface area contributed by atoms with Gasteiger partial charge in [0.05, 0.1) is 16.7 Å². The maximum absolute atomic E-state index is 14.6. The first-order valence-corrected chi connectivity index (χ1v) is 13.7. The van der Waals surface area contributed by atoms with E-state index in [0.717, 1.165) is 28.7 Å². The van der Waals surface area contributed by atoms with Crippen LogP contribution in [0.25, 0.3) is 38.6 Å². The van der Waals surface area contributed by atoms with Gasteiger partial charge in [-0.25, -0.2) is 4.39 Å². The Morgan fingerprint density at radius 3 is 2.00 bits per heavy atom. The molecule has 39 heavy (non-hydrogen) atoms. The summed E-state index contributed by atoms with van der Waals surface area (Å²) in [4.78, 5) is 0. The summed E-state index contributed by atoms with van der Waals surface area (Å²) >= 11 is 0. The number of ether oxygens (including phenoxy) is 2. The third-order valence-electron chi connectivity index (χ3n) is 7.79. The molecule has 4 aromatic carbocycles. The molecule has 5 aromatic rings. The van der Waals surface area contributed by atoms with E-state index >= 15 is 0 Å². The molecular weight excluding hydrogens is 485 g/mol. The molecular formula is C35H36FNO2. The van der Waals surface area contributed by atoms with Gasteiger partial charge < -0.3 is 14.0 Å². The number of hydrogen-bond donors (Lipinski definition) is 0. The molecule has 0 amide bonds. The van der Waals surface area contributed by atoms with Crippen LogP contribution in [-0.2, 0) is 5.41 Å². The molecule has 0 bridgehead atoms. The number of aryl methyl sites for hydroxylation is 2. The van der Waals surface area contributed by atoms with E-state index < -0.39 is 0 Å². The van der Waals surface area contributed by atoms with E-state index in [4.69, 9.17) is 9.47 Å². The van der Waals surface area contributed by atoms with Crippen LogP contribution in [0.1, 0.15) is 57.7 Å². The van der Waals surface area contributed by atoms with Crippen LogP contribution in [0.4, 0.5) is 4.39 Å². The van der Waals surface area contributed by atoms with E-state index in [2.05, 4.69) is 102 Å². The Hall–Kier alpha value is -3.79. The fraction of sp³-hybridized carbons (Fsp3) is 0.314. The molecule has 6 rings (SSSR count). The maximum atomic E-state index is 14.6. The standard InChI is InChI=1S/C35H36FNO2/c1-21-8-11-29-25(14-21)26-15-22(2)9-12-30(26)37(29)31-17-23(35(6,7)19-34(3,4)5)16-28-27-18-24(36)10-13-32(27)38-20-39-33(28)31/h8-18H,19-20H2,1-7H3. The highest BCUT2D eigenvalue weighted by Crippen LogP contribution is 2.48. The minimum absolute atomic E-state index is 0.0543. The lowest BCUT2D eigenvalue weighted by molar-refractivity contribution is 0.124. The summed E-state index contributed by atoms with van der Waals surface area (Å²) in [5.74, 6) is 1.03. The van der Waals surface area contributed by atoms with Gasteiger partial charge >= 0.3 is 0 Å². The monoisotopic (exact) mass is 521 g/mol. The van der Waals surface area contributed by atoms with Crippen molar-refractivity contribution in [2.75, 3.05) is 6.79 Å². The molecule has 0 saturated heterocycles. The zero-order valence-corrected chi connectivity index (χ0v) is 23.9. The average Bonchev–Trinajstić information content (AvgIpc) is 3.03. The van der Waals surface area contributed by atoms with Gasteiger partial charge in [-0.1, -0.05) is 57.9 Å². The van der Waals surface area contributed by atoms with Gasteiger partial charge in [-0.15, -0.1) is 0 Å². The highest BCUT2D eigenvalue weighted by Gasteiger charge is 2.31. The number of hydrogen-bond acceptors (Lipinski definition) is 2. The SMILES string of the molecule is Cc1ccc2c(c1)c1cc(C)ccc1n2-c1cc(C(C)(C)CC(C)(C)C)cc2c1OCOc1ccc(F)cc1-2. The number of rotatable bonds is 3. The normalized spacial score (nSPS) is 13.5. The molecule has 0 radical (unpaired) electrons. The van der Waals surface area contributed by atoms with Crippen LogP contribution in [0, 0.1) is 25.1 Å². The summed E-state index contributed by atoms with van der Waals surface area (Å²) in [7, 11) is 0. The molecule has 2 heterocycles. The van der Waals surface area contributed by atoms with Gasteiger partial charge in [0.15, 0.2) is 5.75 Å². The lowest BCUT2D eigenvalue weighted by Gasteiger charge is -2.34. The van der Waals surface area contributed by atoms with E-state index in [9.17, 15) is 4.39 Å². The Morgan fingerprint density at radius 2 is 1.38 bits per heavy atom. The first-order chi connectivity index (χ1) is 18.4. The van der Waals surface area contributed by atoms with Crippen molar-refractivity contribution in [3.05, 3.63) is 89.2 Å². The molecule has 0 unspecified atom stereocenters. The zero-order valence-electron chi connectivity index (χ0n) is 23.9. The zero-order chi connectivity index (χ0) is 27.7. The molecule has 0 spiro atoms. The summed E-state index contributed by atoms with van der Waals surface area (Å²) in [6, 6.07) is 22.4. The van der Waals surface area contributed by atoms with Gasteiger partial charge in [0.1, 0.15) is 11.6 Å². The highest BCUT2D eigenvalue weighted by atomic mass is 19.1. The van der Waals surface area contributed by atoms with Crippen LogP contribution in [0.15, 0.2) is 66.7 Å². The van der Waals surface area contributed by atoms with Crippen LogP contribution in [0.3, 0.4) is 0 Å². The number of fused-ring (bicyclic) bond motifs is 6. The molecule has 0 N–H and O–H groups in total. The molecule has 1 aliphatic rings. The molecule has 1 aliphatic heterocycles. The Morgan fingerprint density at radius 1 is 0.744 bits per heavy atom. The number of benzene rings is 4. The Labute approximate surface area is 230 Å². The van der Waals surface area contributed by atoms with Gasteiger partial charge in [-0.05, 0) is 91.3 Å². The van der Waals surface area contributed by atoms with Crippen LogP contribution >= 0.6 is 0 Å². The van der Waals surface area contributed by atoms with Crippen molar-refractivity contribution in [2.24, 2.45) is 5.41 Å². The minimum Gasteiger partial charge on any atom is -0.457 e. The van der Waals surface area contributed by atoms with Crippen LogP contribution < -0.4 is 9.47 Å². The quantitative estimate of drug-likeness (QED) is 0.236.